The van der Waals surface area contributed by atoms with Crippen molar-refractivity contribution < 1.29 is 0 Å². The van der Waals surface area contributed by atoms with E-state index in [9.17, 15) is 0 Å². The van der Waals surface area contributed by atoms with Crippen molar-refractivity contribution in [2.24, 2.45) is 5.73 Å². The second kappa shape index (κ2) is 3.15. The molecule has 1 aliphatic rings. The van der Waals surface area contributed by atoms with Crippen molar-refractivity contribution in [3.63, 3.8) is 0 Å². The summed E-state index contributed by atoms with van der Waals surface area (Å²) in [5.41, 5.74) is 8.52. The van der Waals surface area contributed by atoms with Gasteiger partial charge in [0.25, 0.3) is 0 Å². The van der Waals surface area contributed by atoms with Crippen molar-refractivity contribution >= 4 is 15.9 Å². The van der Waals surface area contributed by atoms with Crippen LogP contribution < -0.4 is 5.73 Å². The van der Waals surface area contributed by atoms with E-state index in [4.69, 9.17) is 5.73 Å². The minimum Gasteiger partial charge on any atom is -0.324 e. The van der Waals surface area contributed by atoms with Gasteiger partial charge in [-0.15, -0.1) is 0 Å². The van der Waals surface area contributed by atoms with Gasteiger partial charge in [-0.2, -0.15) is 0 Å². The maximum atomic E-state index is 5.95. The molecule has 3 heteroatoms. The second-order valence-electron chi connectivity index (χ2n) is 3.19. The SMILES string of the molecule is N[C@@H]1CCCc2c(Br)cncc21. The molecule has 1 aromatic heterocycles. The maximum absolute atomic E-state index is 5.95. The number of fused-ring (bicyclic) bond motifs is 1. The standard InChI is InChI=1S/C9H11BrN2/c10-8-5-12-4-7-6(8)2-1-3-9(7)11/h4-5,9H,1-3,11H2/t9-/m1/s1. The fourth-order valence-electron chi connectivity index (χ4n) is 1.71. The van der Waals surface area contributed by atoms with Crippen LogP contribution in [-0.4, -0.2) is 4.98 Å². The van der Waals surface area contributed by atoms with E-state index in [1.807, 2.05) is 12.4 Å². The van der Waals surface area contributed by atoms with E-state index in [0.717, 1.165) is 17.3 Å². The van der Waals surface area contributed by atoms with Gasteiger partial charge in [-0.1, -0.05) is 0 Å². The minimum atomic E-state index is 0.193. The van der Waals surface area contributed by atoms with E-state index in [-0.39, 0.29) is 6.04 Å². The summed E-state index contributed by atoms with van der Waals surface area (Å²) in [7, 11) is 0. The predicted molar refractivity (Wildman–Crippen MR) is 51.8 cm³/mol. The van der Waals surface area contributed by atoms with E-state index in [2.05, 4.69) is 20.9 Å². The molecule has 0 amide bonds. The third kappa shape index (κ3) is 1.27. The highest BCUT2D eigenvalue weighted by Gasteiger charge is 2.18. The van der Waals surface area contributed by atoms with Gasteiger partial charge < -0.3 is 5.73 Å². The first-order chi connectivity index (χ1) is 5.79. The molecule has 0 bridgehead atoms. The molecule has 0 fully saturated rings. The van der Waals surface area contributed by atoms with Crippen molar-refractivity contribution in [1.82, 2.24) is 4.98 Å². The lowest BCUT2D eigenvalue weighted by atomic mass is 9.90. The zero-order chi connectivity index (χ0) is 8.55. The summed E-state index contributed by atoms with van der Waals surface area (Å²) >= 11 is 3.49. The molecule has 0 saturated carbocycles. The fourth-order valence-corrected chi connectivity index (χ4v) is 2.26. The monoisotopic (exact) mass is 226 g/mol. The molecule has 1 heterocycles. The van der Waals surface area contributed by atoms with Crippen LogP contribution in [0.3, 0.4) is 0 Å². The van der Waals surface area contributed by atoms with Gasteiger partial charge in [0.05, 0.1) is 0 Å². The molecule has 12 heavy (non-hydrogen) atoms. The summed E-state index contributed by atoms with van der Waals surface area (Å²) in [6.07, 6.45) is 7.15. The maximum Gasteiger partial charge on any atom is 0.0413 e. The molecular formula is C9H11BrN2. The van der Waals surface area contributed by atoms with Gasteiger partial charge in [0, 0.05) is 22.9 Å². The molecule has 0 aliphatic heterocycles. The third-order valence-electron chi connectivity index (χ3n) is 2.38. The van der Waals surface area contributed by atoms with Crippen LogP contribution in [0.2, 0.25) is 0 Å². The molecule has 2 N–H and O–H groups in total. The largest absolute Gasteiger partial charge is 0.324 e. The average molecular weight is 227 g/mol. The van der Waals surface area contributed by atoms with Gasteiger partial charge in [-0.05, 0) is 46.3 Å². The number of nitrogens with two attached hydrogens (primary N) is 1. The number of nitrogens with zero attached hydrogens (tertiary/aromatic N) is 1. The van der Waals surface area contributed by atoms with Crippen LogP contribution in [0.25, 0.3) is 0 Å². The quantitative estimate of drug-likeness (QED) is 0.737. The molecule has 2 nitrogen and oxygen atoms in total. The van der Waals surface area contributed by atoms with Gasteiger partial charge in [0.2, 0.25) is 0 Å². The number of halogens is 1. The van der Waals surface area contributed by atoms with E-state index in [1.54, 1.807) is 0 Å². The van der Waals surface area contributed by atoms with Gasteiger partial charge in [-0.25, -0.2) is 0 Å². The molecule has 0 radical (unpaired) electrons. The second-order valence-corrected chi connectivity index (χ2v) is 4.04. The Hall–Kier alpha value is -0.410. The lowest BCUT2D eigenvalue weighted by Crippen LogP contribution is -2.17. The van der Waals surface area contributed by atoms with Crippen LogP contribution in [-0.2, 0) is 6.42 Å². The Balaban J connectivity index is 2.52. The van der Waals surface area contributed by atoms with Crippen LogP contribution in [0.15, 0.2) is 16.9 Å². The first kappa shape index (κ1) is 8.20. The predicted octanol–water partition coefficient (Wildman–Crippen LogP) is 2.18. The van der Waals surface area contributed by atoms with Gasteiger partial charge in [0.1, 0.15) is 0 Å². The normalized spacial score (nSPS) is 22.0. The zero-order valence-corrected chi connectivity index (χ0v) is 8.34. The topological polar surface area (TPSA) is 38.9 Å². The first-order valence-corrected chi connectivity index (χ1v) is 4.96. The Bertz CT molecular complexity index is 299. The minimum absolute atomic E-state index is 0.193. The summed E-state index contributed by atoms with van der Waals surface area (Å²) in [4.78, 5) is 4.12. The number of rotatable bonds is 0. The van der Waals surface area contributed by atoms with Crippen molar-refractivity contribution in [2.45, 2.75) is 25.3 Å². The van der Waals surface area contributed by atoms with Gasteiger partial charge in [0.15, 0.2) is 0 Å². The highest BCUT2D eigenvalue weighted by molar-refractivity contribution is 9.10. The third-order valence-corrected chi connectivity index (χ3v) is 3.06. The molecule has 1 aromatic rings. The number of aromatic nitrogens is 1. The van der Waals surface area contributed by atoms with E-state index in [1.165, 1.54) is 17.5 Å². The van der Waals surface area contributed by atoms with E-state index < -0.39 is 0 Å². The van der Waals surface area contributed by atoms with Crippen LogP contribution in [0, 0.1) is 0 Å². The lowest BCUT2D eigenvalue weighted by molar-refractivity contribution is 0.566. The molecule has 1 atom stereocenters. The summed E-state index contributed by atoms with van der Waals surface area (Å²) in [5, 5.41) is 0. The highest BCUT2D eigenvalue weighted by Crippen LogP contribution is 2.31. The Labute approximate surface area is 80.3 Å². The molecule has 2 rings (SSSR count). The molecule has 0 unspecified atom stereocenters. The molecule has 0 spiro atoms. The van der Waals surface area contributed by atoms with Crippen LogP contribution >= 0.6 is 15.9 Å². The number of pyridine rings is 1. The Morgan fingerprint density at radius 2 is 2.33 bits per heavy atom. The molecular weight excluding hydrogens is 216 g/mol. The fraction of sp³-hybridized carbons (Fsp3) is 0.444. The highest BCUT2D eigenvalue weighted by atomic mass is 79.9. The van der Waals surface area contributed by atoms with Crippen molar-refractivity contribution in [3.8, 4) is 0 Å². The Morgan fingerprint density at radius 1 is 1.50 bits per heavy atom. The van der Waals surface area contributed by atoms with E-state index >= 15 is 0 Å². The Morgan fingerprint density at radius 3 is 3.08 bits per heavy atom. The molecule has 1 aliphatic carbocycles. The van der Waals surface area contributed by atoms with Gasteiger partial charge >= 0.3 is 0 Å². The van der Waals surface area contributed by atoms with Crippen molar-refractivity contribution in [1.29, 1.82) is 0 Å². The Kier molecular flexibility index (Phi) is 2.15. The smallest absolute Gasteiger partial charge is 0.0413 e. The summed E-state index contributed by atoms with van der Waals surface area (Å²) in [6.45, 7) is 0. The molecule has 0 saturated heterocycles. The van der Waals surface area contributed by atoms with Crippen molar-refractivity contribution in [2.75, 3.05) is 0 Å². The van der Waals surface area contributed by atoms with E-state index in [0.29, 0.717) is 0 Å². The summed E-state index contributed by atoms with van der Waals surface area (Å²) in [5.74, 6) is 0. The van der Waals surface area contributed by atoms with Gasteiger partial charge in [-0.3, -0.25) is 4.98 Å². The summed E-state index contributed by atoms with van der Waals surface area (Å²) in [6, 6.07) is 0.193. The first-order valence-electron chi connectivity index (χ1n) is 4.17. The number of hydrogen-bond donors (Lipinski definition) is 1. The van der Waals surface area contributed by atoms with Crippen LogP contribution in [0.1, 0.15) is 30.0 Å². The average Bonchev–Trinajstić information content (AvgIpc) is 2.07. The number of hydrogen-bond acceptors (Lipinski definition) is 2. The zero-order valence-electron chi connectivity index (χ0n) is 6.76. The van der Waals surface area contributed by atoms with Crippen LogP contribution in [0.4, 0.5) is 0 Å². The summed E-state index contributed by atoms with van der Waals surface area (Å²) < 4.78 is 1.11. The molecule has 0 aromatic carbocycles. The van der Waals surface area contributed by atoms with Crippen molar-refractivity contribution in [3.05, 3.63) is 28.0 Å². The molecule has 64 valence electrons. The lowest BCUT2D eigenvalue weighted by Gasteiger charge is -2.22. The van der Waals surface area contributed by atoms with Crippen LogP contribution in [0.5, 0.6) is 0 Å².